The lowest BCUT2D eigenvalue weighted by Crippen LogP contribution is -2.67. The molecular weight excluding hydrogens is 346 g/mol. The van der Waals surface area contributed by atoms with Crippen LogP contribution in [0.1, 0.15) is 37.2 Å². The Balaban J connectivity index is 1.77. The number of Topliss-reactive ketones (excluding diaryl/α,β-unsaturated/α-hetero) is 2. The number of aliphatic hydroxyl groups is 2. The number of ether oxygens (including phenoxy) is 1. The number of hydrogen-bond acceptors (Lipinski definition) is 6. The maximum absolute atomic E-state index is 12.9. The van der Waals surface area contributed by atoms with E-state index in [0.29, 0.717) is 25.0 Å². The standard InChI is InChI=1S/C21H25NO5/c1-11(23)20(25)6-4-13-10-15-14-5-7-21(26,12(2)24)18-19(14,8-9-22(15)3)16(13)17(20)27-18/h4-5,7,14-15,18,25-26H,6,8-10H2,1-3H3/t14-,15+,18+,19-,20?,21+/m0/s1/i2D3. The number of carbonyl (C=O) groups excluding carboxylic acids is 2. The van der Waals surface area contributed by atoms with Gasteiger partial charge in [0, 0.05) is 33.5 Å². The molecule has 1 saturated carbocycles. The predicted octanol–water partition coefficient (Wildman–Crippen LogP) is 0.890. The topological polar surface area (TPSA) is 87.1 Å². The molecule has 1 unspecified atom stereocenters. The maximum Gasteiger partial charge on any atom is 0.183 e. The second-order valence-electron chi connectivity index (χ2n) is 8.63. The van der Waals surface area contributed by atoms with Crippen LogP contribution in [0, 0.1) is 11.3 Å². The summed E-state index contributed by atoms with van der Waals surface area (Å²) < 4.78 is 29.0. The van der Waals surface area contributed by atoms with Crippen molar-refractivity contribution in [2.75, 3.05) is 13.6 Å². The van der Waals surface area contributed by atoms with E-state index in [2.05, 4.69) is 4.90 Å². The first-order valence-electron chi connectivity index (χ1n) is 10.9. The minimum atomic E-state index is -3.02. The molecule has 2 aliphatic heterocycles. The third-order valence-electron chi connectivity index (χ3n) is 7.52. The maximum atomic E-state index is 12.9. The van der Waals surface area contributed by atoms with Crippen molar-refractivity contribution in [1.82, 2.24) is 4.90 Å². The van der Waals surface area contributed by atoms with E-state index in [-0.39, 0.29) is 24.1 Å². The van der Waals surface area contributed by atoms with Gasteiger partial charge in [0.05, 0.1) is 0 Å². The lowest BCUT2D eigenvalue weighted by atomic mass is 9.49. The molecule has 0 amide bonds. The van der Waals surface area contributed by atoms with Crippen molar-refractivity contribution >= 4 is 11.6 Å². The van der Waals surface area contributed by atoms with Crippen molar-refractivity contribution in [2.45, 2.75) is 56.4 Å². The highest BCUT2D eigenvalue weighted by atomic mass is 16.5. The fraction of sp³-hybridized carbons (Fsp3) is 0.619. The van der Waals surface area contributed by atoms with E-state index in [4.69, 9.17) is 8.85 Å². The average Bonchev–Trinajstić information content (AvgIpc) is 3.03. The molecule has 27 heavy (non-hydrogen) atoms. The first kappa shape index (κ1) is 14.3. The van der Waals surface area contributed by atoms with Crippen LogP contribution < -0.4 is 0 Å². The van der Waals surface area contributed by atoms with Crippen molar-refractivity contribution in [3.05, 3.63) is 35.1 Å². The number of hydrogen-bond donors (Lipinski definition) is 2. The van der Waals surface area contributed by atoms with Gasteiger partial charge < -0.3 is 19.8 Å². The largest absolute Gasteiger partial charge is 0.486 e. The van der Waals surface area contributed by atoms with Gasteiger partial charge in [-0.2, -0.15) is 0 Å². The van der Waals surface area contributed by atoms with E-state index in [0.717, 1.165) is 5.57 Å². The van der Waals surface area contributed by atoms with Crippen LogP contribution in [0.4, 0.5) is 0 Å². The number of likely N-dealkylation sites (tertiary alicyclic amines) is 1. The minimum Gasteiger partial charge on any atom is -0.486 e. The second kappa shape index (κ2) is 4.99. The Labute approximate surface area is 162 Å². The molecule has 0 aromatic heterocycles. The Kier molecular flexibility index (Phi) is 2.64. The van der Waals surface area contributed by atoms with Crippen LogP contribution in [0.15, 0.2) is 35.1 Å². The van der Waals surface area contributed by atoms with Crippen LogP contribution in [-0.2, 0) is 14.3 Å². The Morgan fingerprint density at radius 3 is 2.85 bits per heavy atom. The summed E-state index contributed by atoms with van der Waals surface area (Å²) in [5, 5.41) is 22.7. The molecule has 0 radical (unpaired) electrons. The Bertz CT molecular complexity index is 968. The van der Waals surface area contributed by atoms with Crippen LogP contribution in [0.25, 0.3) is 0 Å². The molecule has 6 heteroatoms. The van der Waals surface area contributed by atoms with Gasteiger partial charge >= 0.3 is 0 Å². The lowest BCUT2D eigenvalue weighted by Gasteiger charge is -2.59. The zero-order chi connectivity index (χ0) is 21.9. The molecule has 0 aromatic carbocycles. The molecule has 2 N–H and O–H groups in total. The SMILES string of the molecule is [2H]C([2H])([2H])C(=O)[C@]1(O)C=C[C@H]2[C@H]3CC4=CCC(O)(C(C)=O)C5=C4[C@@]2(CCN3C)[C@H]1O5. The molecule has 2 bridgehead atoms. The molecule has 5 rings (SSSR count). The summed E-state index contributed by atoms with van der Waals surface area (Å²) in [5.74, 6) is -1.83. The van der Waals surface area contributed by atoms with E-state index in [1.807, 2.05) is 13.1 Å². The first-order chi connectivity index (χ1) is 13.9. The van der Waals surface area contributed by atoms with Gasteiger partial charge in [-0.3, -0.25) is 9.59 Å². The Hall–Kier alpha value is -1.76. The van der Waals surface area contributed by atoms with Crippen LogP contribution in [0.2, 0.25) is 0 Å². The highest BCUT2D eigenvalue weighted by Gasteiger charge is 2.71. The van der Waals surface area contributed by atoms with E-state index in [1.54, 1.807) is 6.08 Å². The summed E-state index contributed by atoms with van der Waals surface area (Å²) in [6.45, 7) is -1.08. The normalized spacial score (nSPS) is 49.4. The van der Waals surface area contributed by atoms with Gasteiger partial charge in [-0.1, -0.05) is 12.2 Å². The summed E-state index contributed by atoms with van der Waals surface area (Å²) in [6, 6.07) is 0.0892. The minimum absolute atomic E-state index is 0.0550. The van der Waals surface area contributed by atoms with E-state index >= 15 is 0 Å². The number of ketones is 2. The molecule has 5 aliphatic rings. The quantitative estimate of drug-likeness (QED) is 0.698. The highest BCUT2D eigenvalue weighted by molar-refractivity contribution is 5.91. The number of carbonyl (C=O) groups is 2. The zero-order valence-corrected chi connectivity index (χ0v) is 15.4. The van der Waals surface area contributed by atoms with E-state index in [9.17, 15) is 19.8 Å². The van der Waals surface area contributed by atoms with Gasteiger partial charge in [0.1, 0.15) is 11.9 Å². The Morgan fingerprint density at radius 1 is 1.37 bits per heavy atom. The molecular formula is C21H25NO5. The lowest BCUT2D eigenvalue weighted by molar-refractivity contribution is -0.166. The molecule has 6 atom stereocenters. The van der Waals surface area contributed by atoms with Gasteiger partial charge in [0.15, 0.2) is 22.8 Å². The van der Waals surface area contributed by atoms with Crippen LogP contribution >= 0.6 is 0 Å². The summed E-state index contributed by atoms with van der Waals surface area (Å²) in [6.07, 6.45) is 4.93. The van der Waals surface area contributed by atoms with Crippen molar-refractivity contribution in [3.8, 4) is 0 Å². The molecule has 144 valence electrons. The van der Waals surface area contributed by atoms with Gasteiger partial charge in [-0.25, -0.2) is 0 Å². The average molecular weight is 374 g/mol. The van der Waals surface area contributed by atoms with Crippen LogP contribution in [-0.4, -0.2) is 63.6 Å². The number of rotatable bonds is 2. The van der Waals surface area contributed by atoms with Crippen LogP contribution in [0.5, 0.6) is 0 Å². The number of nitrogens with zero attached hydrogens (tertiary/aromatic N) is 1. The van der Waals surface area contributed by atoms with Crippen molar-refractivity contribution in [1.29, 1.82) is 0 Å². The fourth-order valence-electron chi connectivity index (χ4n) is 6.06. The fourth-order valence-corrected chi connectivity index (χ4v) is 6.06. The molecule has 1 saturated heterocycles. The molecule has 2 heterocycles. The van der Waals surface area contributed by atoms with Crippen molar-refractivity contribution in [3.63, 3.8) is 0 Å². The smallest absolute Gasteiger partial charge is 0.183 e. The highest BCUT2D eigenvalue weighted by Crippen LogP contribution is 2.67. The zero-order valence-electron chi connectivity index (χ0n) is 18.4. The molecule has 0 aromatic rings. The first-order valence-corrected chi connectivity index (χ1v) is 9.39. The summed E-state index contributed by atoms with van der Waals surface area (Å²) in [7, 11) is 2.02. The number of piperidine rings is 1. The molecule has 6 nitrogen and oxygen atoms in total. The van der Waals surface area contributed by atoms with Crippen molar-refractivity contribution in [2.24, 2.45) is 11.3 Å². The summed E-state index contributed by atoms with van der Waals surface area (Å²) in [4.78, 5) is 27.5. The molecule has 2 fully saturated rings. The van der Waals surface area contributed by atoms with Crippen molar-refractivity contribution < 1.29 is 28.7 Å². The van der Waals surface area contributed by atoms with Gasteiger partial charge in [-0.05, 0) is 51.9 Å². The van der Waals surface area contributed by atoms with Gasteiger partial charge in [0.2, 0.25) is 0 Å². The van der Waals surface area contributed by atoms with Crippen LogP contribution in [0.3, 0.4) is 0 Å². The molecule has 3 aliphatic carbocycles. The second-order valence-corrected chi connectivity index (χ2v) is 8.63. The molecule has 1 spiro atoms. The predicted molar refractivity (Wildman–Crippen MR) is 96.6 cm³/mol. The van der Waals surface area contributed by atoms with Gasteiger partial charge in [-0.15, -0.1) is 0 Å². The third kappa shape index (κ3) is 1.77. The third-order valence-corrected chi connectivity index (χ3v) is 7.52. The van der Waals surface area contributed by atoms with E-state index in [1.165, 1.54) is 13.0 Å². The summed E-state index contributed by atoms with van der Waals surface area (Å²) >= 11 is 0. The van der Waals surface area contributed by atoms with Gasteiger partial charge in [0.25, 0.3) is 0 Å². The Morgan fingerprint density at radius 2 is 2.15 bits per heavy atom. The van der Waals surface area contributed by atoms with E-state index < -0.39 is 41.1 Å². The summed E-state index contributed by atoms with van der Waals surface area (Å²) in [5.41, 5.74) is -3.49. The monoisotopic (exact) mass is 374 g/mol.